The molecule has 82 valence electrons. The molecule has 0 saturated heterocycles. The van der Waals surface area contributed by atoms with Crippen molar-refractivity contribution < 1.29 is 9.53 Å². The van der Waals surface area contributed by atoms with Crippen LogP contribution in [0.2, 0.25) is 0 Å². The minimum Gasteiger partial charge on any atom is -0.458 e. The second kappa shape index (κ2) is 3.93. The number of esters is 1. The van der Waals surface area contributed by atoms with E-state index in [0.717, 1.165) is 17.1 Å². The fourth-order valence-electron chi connectivity index (χ4n) is 1.49. The Kier molecular flexibility index (Phi) is 2.78. The molecular formula is C11H15NO2S. The third-order valence-corrected chi connectivity index (χ3v) is 3.87. The Morgan fingerprint density at radius 2 is 2.27 bits per heavy atom. The van der Waals surface area contributed by atoms with Gasteiger partial charge in [-0.25, -0.2) is 4.98 Å². The number of hydrogen-bond acceptors (Lipinski definition) is 4. The predicted octanol–water partition coefficient (Wildman–Crippen LogP) is 2.46. The van der Waals surface area contributed by atoms with Gasteiger partial charge in [0, 0.05) is 4.88 Å². The average molecular weight is 225 g/mol. The Morgan fingerprint density at radius 3 is 2.73 bits per heavy atom. The quantitative estimate of drug-likeness (QED) is 0.742. The van der Waals surface area contributed by atoms with Crippen LogP contribution in [0.3, 0.4) is 0 Å². The number of nitrogens with zero attached hydrogens (tertiary/aromatic N) is 1. The molecule has 0 radical (unpaired) electrons. The topological polar surface area (TPSA) is 39.2 Å². The highest BCUT2D eigenvalue weighted by Gasteiger charge is 2.40. The molecule has 0 aromatic carbocycles. The summed E-state index contributed by atoms with van der Waals surface area (Å²) in [5.74, 6) is 0.595. The molecule has 0 N–H and O–H groups in total. The van der Waals surface area contributed by atoms with Crippen molar-refractivity contribution in [1.29, 1.82) is 0 Å². The molecule has 1 aromatic rings. The third kappa shape index (κ3) is 2.37. The summed E-state index contributed by atoms with van der Waals surface area (Å²) in [4.78, 5) is 17.0. The van der Waals surface area contributed by atoms with Crippen molar-refractivity contribution in [2.45, 2.75) is 33.8 Å². The Balaban J connectivity index is 1.85. The highest BCUT2D eigenvalue weighted by atomic mass is 32.1. The van der Waals surface area contributed by atoms with Gasteiger partial charge in [-0.15, -0.1) is 11.3 Å². The molecule has 0 aliphatic heterocycles. The van der Waals surface area contributed by atoms with Crippen LogP contribution in [0.15, 0.2) is 0 Å². The zero-order chi connectivity index (χ0) is 11.0. The van der Waals surface area contributed by atoms with E-state index < -0.39 is 0 Å². The van der Waals surface area contributed by atoms with E-state index in [9.17, 15) is 4.79 Å². The molecule has 1 aliphatic carbocycles. The van der Waals surface area contributed by atoms with Crippen LogP contribution in [-0.4, -0.2) is 11.0 Å². The molecular weight excluding hydrogens is 210 g/mol. The van der Waals surface area contributed by atoms with Crippen LogP contribution in [-0.2, 0) is 16.1 Å². The van der Waals surface area contributed by atoms with E-state index in [0.29, 0.717) is 12.5 Å². The van der Waals surface area contributed by atoms with Crippen molar-refractivity contribution in [2.75, 3.05) is 0 Å². The van der Waals surface area contributed by atoms with E-state index in [1.165, 1.54) is 4.88 Å². The first-order chi connectivity index (χ1) is 7.08. The maximum absolute atomic E-state index is 11.4. The lowest BCUT2D eigenvalue weighted by Crippen LogP contribution is -2.07. The van der Waals surface area contributed by atoms with Crippen molar-refractivity contribution in [3.05, 3.63) is 15.6 Å². The van der Waals surface area contributed by atoms with E-state index in [4.69, 9.17) is 4.74 Å². The maximum Gasteiger partial charge on any atom is 0.309 e. The van der Waals surface area contributed by atoms with Crippen molar-refractivity contribution in [3.8, 4) is 0 Å². The zero-order valence-corrected chi connectivity index (χ0v) is 10.1. The molecule has 1 fully saturated rings. The van der Waals surface area contributed by atoms with Gasteiger partial charge in [0.1, 0.15) is 11.6 Å². The standard InChI is InChI=1S/C11H15NO2S/c1-6-4-9(6)11(13)14-5-10-12-7(2)8(3)15-10/h6,9H,4-5H2,1-3H3/t6-,9-/m1/s1. The van der Waals surface area contributed by atoms with Gasteiger partial charge in [0.25, 0.3) is 0 Å². The van der Waals surface area contributed by atoms with Gasteiger partial charge in [0.15, 0.2) is 0 Å². The number of hydrogen-bond donors (Lipinski definition) is 0. The summed E-state index contributed by atoms with van der Waals surface area (Å²) in [6, 6.07) is 0. The monoisotopic (exact) mass is 225 g/mol. The first kappa shape index (κ1) is 10.6. The van der Waals surface area contributed by atoms with Crippen molar-refractivity contribution >= 4 is 17.3 Å². The van der Waals surface area contributed by atoms with Crippen molar-refractivity contribution in [2.24, 2.45) is 11.8 Å². The third-order valence-electron chi connectivity index (χ3n) is 2.82. The SMILES string of the molecule is Cc1nc(COC(=O)[C@@H]2C[C@H]2C)sc1C. The number of rotatable bonds is 3. The second-order valence-corrected chi connectivity index (χ2v) is 5.46. The summed E-state index contributed by atoms with van der Waals surface area (Å²) in [5.41, 5.74) is 1.03. The van der Waals surface area contributed by atoms with Crippen LogP contribution in [0.5, 0.6) is 0 Å². The predicted molar refractivity (Wildman–Crippen MR) is 58.7 cm³/mol. The van der Waals surface area contributed by atoms with Crippen LogP contribution < -0.4 is 0 Å². The zero-order valence-electron chi connectivity index (χ0n) is 9.24. The number of aryl methyl sites for hydroxylation is 2. The Hall–Kier alpha value is -0.900. The van der Waals surface area contributed by atoms with Crippen LogP contribution in [0, 0.1) is 25.7 Å². The van der Waals surface area contributed by atoms with E-state index in [2.05, 4.69) is 11.9 Å². The van der Waals surface area contributed by atoms with Gasteiger partial charge in [-0.1, -0.05) is 6.92 Å². The minimum absolute atomic E-state index is 0.0620. The van der Waals surface area contributed by atoms with Crippen LogP contribution >= 0.6 is 11.3 Å². The summed E-state index contributed by atoms with van der Waals surface area (Å²) in [5, 5.41) is 0.895. The van der Waals surface area contributed by atoms with Gasteiger partial charge in [-0.05, 0) is 26.2 Å². The molecule has 2 rings (SSSR count). The highest BCUT2D eigenvalue weighted by molar-refractivity contribution is 7.11. The Morgan fingerprint density at radius 1 is 1.60 bits per heavy atom. The molecule has 0 amide bonds. The Bertz CT molecular complexity index is 366. The smallest absolute Gasteiger partial charge is 0.309 e. The number of aromatic nitrogens is 1. The lowest BCUT2D eigenvalue weighted by Gasteiger charge is -2.00. The van der Waals surface area contributed by atoms with Crippen molar-refractivity contribution in [3.63, 3.8) is 0 Å². The molecule has 4 heteroatoms. The normalized spacial score (nSPS) is 23.9. The first-order valence-corrected chi connectivity index (χ1v) is 5.99. The van der Waals surface area contributed by atoms with Crippen LogP contribution in [0.4, 0.5) is 0 Å². The van der Waals surface area contributed by atoms with E-state index >= 15 is 0 Å². The molecule has 1 saturated carbocycles. The van der Waals surface area contributed by atoms with Gasteiger partial charge >= 0.3 is 5.97 Å². The molecule has 3 nitrogen and oxygen atoms in total. The van der Waals surface area contributed by atoms with Crippen LogP contribution in [0.25, 0.3) is 0 Å². The fourth-order valence-corrected chi connectivity index (χ4v) is 2.34. The van der Waals surface area contributed by atoms with Gasteiger partial charge in [-0.2, -0.15) is 0 Å². The molecule has 2 atom stereocenters. The number of ether oxygens (including phenoxy) is 1. The number of carbonyl (C=O) groups is 1. The summed E-state index contributed by atoms with van der Waals surface area (Å²) in [7, 11) is 0. The molecule has 0 bridgehead atoms. The van der Waals surface area contributed by atoms with Crippen LogP contribution in [0.1, 0.15) is 28.9 Å². The van der Waals surface area contributed by atoms with E-state index in [1.807, 2.05) is 13.8 Å². The molecule has 0 spiro atoms. The highest BCUT2D eigenvalue weighted by Crippen LogP contribution is 2.38. The van der Waals surface area contributed by atoms with E-state index in [1.54, 1.807) is 11.3 Å². The first-order valence-electron chi connectivity index (χ1n) is 5.17. The summed E-state index contributed by atoms with van der Waals surface area (Å²) in [6.07, 6.45) is 0.981. The van der Waals surface area contributed by atoms with Gasteiger partial charge < -0.3 is 4.74 Å². The molecule has 15 heavy (non-hydrogen) atoms. The van der Waals surface area contributed by atoms with Gasteiger partial charge in [-0.3, -0.25) is 4.79 Å². The number of thiazole rings is 1. The summed E-state index contributed by atoms with van der Waals surface area (Å²) < 4.78 is 5.20. The Labute approximate surface area is 93.5 Å². The average Bonchev–Trinajstić information content (AvgIpc) is 2.82. The molecule has 1 aromatic heterocycles. The lowest BCUT2D eigenvalue weighted by molar-refractivity contribution is -0.146. The summed E-state index contributed by atoms with van der Waals surface area (Å²) in [6.45, 7) is 6.41. The molecule has 0 unspecified atom stereocenters. The lowest BCUT2D eigenvalue weighted by atomic mass is 10.3. The van der Waals surface area contributed by atoms with E-state index in [-0.39, 0.29) is 11.9 Å². The van der Waals surface area contributed by atoms with Gasteiger partial charge in [0.05, 0.1) is 11.6 Å². The van der Waals surface area contributed by atoms with Gasteiger partial charge in [0.2, 0.25) is 0 Å². The summed E-state index contributed by atoms with van der Waals surface area (Å²) >= 11 is 1.60. The molecule has 1 heterocycles. The minimum atomic E-state index is -0.0620. The molecule has 1 aliphatic rings. The van der Waals surface area contributed by atoms with Crippen molar-refractivity contribution in [1.82, 2.24) is 4.98 Å². The second-order valence-electron chi connectivity index (χ2n) is 4.18. The number of carbonyl (C=O) groups excluding carboxylic acids is 1. The largest absolute Gasteiger partial charge is 0.458 e. The maximum atomic E-state index is 11.4. The fraction of sp³-hybridized carbons (Fsp3) is 0.636.